The molecule has 3 nitrogen and oxygen atoms in total. The molecule has 1 fully saturated rings. The van der Waals surface area contributed by atoms with Gasteiger partial charge >= 0.3 is 6.18 Å². The van der Waals surface area contributed by atoms with Gasteiger partial charge in [-0.2, -0.15) is 13.2 Å². The molecule has 1 unspecified atom stereocenters. The molecule has 1 rings (SSSR count). The van der Waals surface area contributed by atoms with E-state index in [0.717, 1.165) is 12.8 Å². The predicted octanol–water partition coefficient (Wildman–Crippen LogP) is 1.52. The fraction of sp³-hybridized carbons (Fsp3) is 0.900. The molecule has 0 heterocycles. The highest BCUT2D eigenvalue weighted by molar-refractivity contribution is 5.76. The normalized spacial score (nSPS) is 18.3. The van der Waals surface area contributed by atoms with E-state index in [1.165, 1.54) is 11.9 Å². The zero-order chi connectivity index (χ0) is 12.3. The molecular formula is C10H17F3N2O. The van der Waals surface area contributed by atoms with Crippen molar-refractivity contribution in [2.24, 2.45) is 11.7 Å². The maximum Gasteiger partial charge on any atom is 0.389 e. The quantitative estimate of drug-likeness (QED) is 0.789. The van der Waals surface area contributed by atoms with Gasteiger partial charge in [0, 0.05) is 26.1 Å². The van der Waals surface area contributed by atoms with Gasteiger partial charge in [0.1, 0.15) is 0 Å². The van der Waals surface area contributed by atoms with E-state index in [4.69, 9.17) is 5.73 Å². The minimum absolute atomic E-state index is 0.0965. The van der Waals surface area contributed by atoms with Crippen molar-refractivity contribution < 1.29 is 18.0 Å². The Labute approximate surface area is 92.8 Å². The Hall–Kier alpha value is -0.780. The third kappa shape index (κ3) is 4.00. The van der Waals surface area contributed by atoms with E-state index < -0.39 is 24.9 Å². The van der Waals surface area contributed by atoms with E-state index in [0.29, 0.717) is 12.5 Å². The third-order valence-corrected chi connectivity index (χ3v) is 2.92. The number of rotatable bonds is 5. The van der Waals surface area contributed by atoms with Crippen LogP contribution < -0.4 is 5.73 Å². The number of hydrogen-bond donors (Lipinski definition) is 1. The summed E-state index contributed by atoms with van der Waals surface area (Å²) < 4.78 is 35.8. The van der Waals surface area contributed by atoms with Gasteiger partial charge in [0.05, 0.1) is 6.42 Å². The number of carbonyl (C=O) groups excluding carboxylic acids is 1. The van der Waals surface area contributed by atoms with Gasteiger partial charge in [-0.1, -0.05) is 0 Å². The van der Waals surface area contributed by atoms with Crippen molar-refractivity contribution in [3.8, 4) is 0 Å². The molecule has 0 spiro atoms. The average Bonchev–Trinajstić information content (AvgIpc) is 2.98. The van der Waals surface area contributed by atoms with Gasteiger partial charge in [0.2, 0.25) is 5.91 Å². The third-order valence-electron chi connectivity index (χ3n) is 2.92. The Morgan fingerprint density at radius 2 is 2.06 bits per heavy atom. The van der Waals surface area contributed by atoms with Crippen LogP contribution in [0.4, 0.5) is 13.2 Å². The summed E-state index contributed by atoms with van der Waals surface area (Å²) in [6.07, 6.45) is -3.78. The molecule has 0 saturated heterocycles. The maximum atomic E-state index is 11.9. The monoisotopic (exact) mass is 238 g/mol. The van der Waals surface area contributed by atoms with E-state index in [2.05, 4.69) is 0 Å². The topological polar surface area (TPSA) is 46.3 Å². The number of alkyl halides is 3. The van der Waals surface area contributed by atoms with Crippen molar-refractivity contribution in [2.45, 2.75) is 37.9 Å². The lowest BCUT2D eigenvalue weighted by atomic mass is 10.1. The van der Waals surface area contributed by atoms with Gasteiger partial charge in [0.25, 0.3) is 0 Å². The number of amides is 1. The van der Waals surface area contributed by atoms with Gasteiger partial charge in [-0.3, -0.25) is 4.79 Å². The fourth-order valence-electron chi connectivity index (χ4n) is 1.76. The van der Waals surface area contributed by atoms with Crippen LogP contribution in [0, 0.1) is 5.92 Å². The van der Waals surface area contributed by atoms with Gasteiger partial charge in [-0.05, 0) is 18.8 Å². The second-order valence-electron chi connectivity index (χ2n) is 4.26. The second kappa shape index (κ2) is 5.03. The van der Waals surface area contributed by atoms with Gasteiger partial charge in [-0.25, -0.2) is 0 Å². The van der Waals surface area contributed by atoms with Crippen molar-refractivity contribution in [1.82, 2.24) is 4.90 Å². The Balaban J connectivity index is 2.40. The Bertz CT molecular complexity index is 251. The summed E-state index contributed by atoms with van der Waals surface area (Å²) >= 11 is 0. The number of hydrogen-bond acceptors (Lipinski definition) is 2. The number of carbonyl (C=O) groups is 1. The largest absolute Gasteiger partial charge is 0.389 e. The highest BCUT2D eigenvalue weighted by Gasteiger charge is 2.36. The standard InChI is InChI=1S/C10H17F3N2O/c1-15(8(6-14)7-2-3-7)9(16)4-5-10(11,12)13/h7-8H,2-6,14H2,1H3. The van der Waals surface area contributed by atoms with Crippen LogP contribution in [0.1, 0.15) is 25.7 Å². The zero-order valence-corrected chi connectivity index (χ0v) is 9.26. The minimum atomic E-state index is -4.27. The molecular weight excluding hydrogens is 221 g/mol. The van der Waals surface area contributed by atoms with Crippen LogP contribution in [0.5, 0.6) is 0 Å². The van der Waals surface area contributed by atoms with E-state index in [1.54, 1.807) is 0 Å². The molecule has 1 aliphatic rings. The van der Waals surface area contributed by atoms with E-state index >= 15 is 0 Å². The smallest absolute Gasteiger partial charge is 0.341 e. The highest BCUT2D eigenvalue weighted by Crippen LogP contribution is 2.35. The van der Waals surface area contributed by atoms with Gasteiger partial charge in [-0.15, -0.1) is 0 Å². The first-order valence-electron chi connectivity index (χ1n) is 5.37. The van der Waals surface area contributed by atoms with Crippen LogP contribution >= 0.6 is 0 Å². The van der Waals surface area contributed by atoms with Gasteiger partial charge < -0.3 is 10.6 Å². The van der Waals surface area contributed by atoms with E-state index in [-0.39, 0.29) is 6.04 Å². The molecule has 1 aliphatic carbocycles. The van der Waals surface area contributed by atoms with Crippen molar-refractivity contribution >= 4 is 5.91 Å². The molecule has 0 radical (unpaired) electrons. The lowest BCUT2D eigenvalue weighted by Gasteiger charge is -2.27. The van der Waals surface area contributed by atoms with Crippen molar-refractivity contribution in [3.63, 3.8) is 0 Å². The lowest BCUT2D eigenvalue weighted by Crippen LogP contribution is -2.43. The van der Waals surface area contributed by atoms with Crippen LogP contribution in [0.15, 0.2) is 0 Å². The SMILES string of the molecule is CN(C(=O)CCC(F)(F)F)C(CN)C1CC1. The van der Waals surface area contributed by atoms with Crippen LogP contribution in [-0.4, -0.2) is 36.6 Å². The first-order chi connectivity index (χ1) is 7.35. The first-order valence-corrected chi connectivity index (χ1v) is 5.37. The molecule has 0 aliphatic heterocycles. The molecule has 6 heteroatoms. The summed E-state index contributed by atoms with van der Waals surface area (Å²) in [6.45, 7) is 0.318. The first kappa shape index (κ1) is 13.3. The summed E-state index contributed by atoms with van der Waals surface area (Å²) in [4.78, 5) is 12.9. The lowest BCUT2D eigenvalue weighted by molar-refractivity contribution is -0.149. The summed E-state index contributed by atoms with van der Waals surface area (Å²) in [5, 5.41) is 0. The summed E-state index contributed by atoms with van der Waals surface area (Å²) in [7, 11) is 1.54. The molecule has 2 N–H and O–H groups in total. The summed E-state index contributed by atoms with van der Waals surface area (Å²) in [5.74, 6) is -0.0930. The maximum absolute atomic E-state index is 11.9. The predicted molar refractivity (Wildman–Crippen MR) is 53.6 cm³/mol. The number of halogens is 3. The minimum Gasteiger partial charge on any atom is -0.341 e. The van der Waals surface area contributed by atoms with E-state index in [1.807, 2.05) is 0 Å². The van der Waals surface area contributed by atoms with Crippen LogP contribution in [0.25, 0.3) is 0 Å². The Morgan fingerprint density at radius 3 is 2.44 bits per heavy atom. The Morgan fingerprint density at radius 1 is 1.50 bits per heavy atom. The van der Waals surface area contributed by atoms with E-state index in [9.17, 15) is 18.0 Å². The Kier molecular flexibility index (Phi) is 4.18. The summed E-state index contributed by atoms with van der Waals surface area (Å²) in [5.41, 5.74) is 5.52. The number of nitrogens with two attached hydrogens (primary N) is 1. The van der Waals surface area contributed by atoms with Crippen LogP contribution in [-0.2, 0) is 4.79 Å². The molecule has 1 saturated carbocycles. The van der Waals surface area contributed by atoms with Crippen LogP contribution in [0.2, 0.25) is 0 Å². The van der Waals surface area contributed by atoms with Crippen molar-refractivity contribution in [1.29, 1.82) is 0 Å². The molecule has 0 aromatic carbocycles. The summed E-state index contributed by atoms with van der Waals surface area (Å²) in [6, 6.07) is -0.0965. The molecule has 0 aromatic heterocycles. The molecule has 1 atom stereocenters. The molecule has 0 bridgehead atoms. The number of nitrogens with zero attached hydrogens (tertiary/aromatic N) is 1. The highest BCUT2D eigenvalue weighted by atomic mass is 19.4. The molecule has 0 aromatic rings. The van der Waals surface area contributed by atoms with Gasteiger partial charge in [0.15, 0.2) is 0 Å². The van der Waals surface area contributed by atoms with Crippen molar-refractivity contribution in [3.05, 3.63) is 0 Å². The number of likely N-dealkylation sites (N-methyl/N-ethyl adjacent to an activating group) is 1. The zero-order valence-electron chi connectivity index (χ0n) is 9.26. The van der Waals surface area contributed by atoms with Crippen molar-refractivity contribution in [2.75, 3.05) is 13.6 Å². The second-order valence-corrected chi connectivity index (χ2v) is 4.26. The molecule has 1 amide bonds. The molecule has 94 valence electrons. The van der Waals surface area contributed by atoms with Crippen LogP contribution in [0.3, 0.4) is 0 Å². The average molecular weight is 238 g/mol. The molecule has 16 heavy (non-hydrogen) atoms. The fourth-order valence-corrected chi connectivity index (χ4v) is 1.76.